The van der Waals surface area contributed by atoms with E-state index in [1.165, 1.54) is 19.1 Å². The molecule has 0 amide bonds. The van der Waals surface area contributed by atoms with E-state index in [2.05, 4.69) is 4.98 Å². The van der Waals surface area contributed by atoms with Crippen LogP contribution in [0.4, 0.5) is 13.2 Å². The van der Waals surface area contributed by atoms with Gasteiger partial charge in [0.1, 0.15) is 0 Å². The van der Waals surface area contributed by atoms with Crippen molar-refractivity contribution in [2.75, 3.05) is 0 Å². The second-order valence-electron chi connectivity index (χ2n) is 3.98. The van der Waals surface area contributed by atoms with Crippen LogP contribution >= 0.6 is 0 Å². The highest BCUT2D eigenvalue weighted by atomic mass is 19.4. The fourth-order valence-corrected chi connectivity index (χ4v) is 1.81. The van der Waals surface area contributed by atoms with E-state index in [0.717, 1.165) is 12.3 Å². The van der Waals surface area contributed by atoms with Gasteiger partial charge in [0, 0.05) is 17.1 Å². The molecule has 2 N–H and O–H groups in total. The molecule has 18 heavy (non-hydrogen) atoms. The Balaban J connectivity index is 2.83. The lowest BCUT2D eigenvalue weighted by Crippen LogP contribution is -2.15. The Kier molecular flexibility index (Phi) is 2.90. The van der Waals surface area contributed by atoms with E-state index in [4.69, 9.17) is 0 Å². The van der Waals surface area contributed by atoms with Gasteiger partial charge in [0.25, 0.3) is 0 Å². The molecular formula is C12H10F3NO2. The van der Waals surface area contributed by atoms with E-state index in [1.807, 2.05) is 0 Å². The first-order valence-corrected chi connectivity index (χ1v) is 5.22. The number of aliphatic hydroxyl groups is 1. The second kappa shape index (κ2) is 4.13. The summed E-state index contributed by atoms with van der Waals surface area (Å²) in [6.45, 7) is 1.38. The maximum absolute atomic E-state index is 12.7. The summed E-state index contributed by atoms with van der Waals surface area (Å²) >= 11 is 0. The van der Waals surface area contributed by atoms with Gasteiger partial charge >= 0.3 is 6.18 Å². The minimum Gasteiger partial charge on any atom is -0.389 e. The van der Waals surface area contributed by atoms with Gasteiger partial charge in [-0.1, -0.05) is 6.07 Å². The molecule has 0 spiro atoms. The number of hydrogen-bond acceptors (Lipinski definition) is 2. The van der Waals surface area contributed by atoms with Gasteiger partial charge in [0.2, 0.25) is 0 Å². The van der Waals surface area contributed by atoms with Crippen LogP contribution in [0.3, 0.4) is 0 Å². The molecule has 6 heteroatoms. The Morgan fingerprint density at radius 3 is 2.56 bits per heavy atom. The predicted molar refractivity (Wildman–Crippen MR) is 60.2 cm³/mol. The zero-order valence-corrected chi connectivity index (χ0v) is 9.38. The van der Waals surface area contributed by atoms with Crippen LogP contribution in [-0.2, 0) is 6.18 Å². The molecule has 0 fully saturated rings. The lowest BCUT2D eigenvalue weighted by atomic mass is 10.1. The first kappa shape index (κ1) is 12.6. The minimum absolute atomic E-state index is 0.0434. The van der Waals surface area contributed by atoms with Crippen LogP contribution in [0, 0.1) is 0 Å². The number of hydrogen-bond donors (Lipinski definition) is 2. The van der Waals surface area contributed by atoms with Crippen LogP contribution in [0.2, 0.25) is 0 Å². The molecule has 0 saturated carbocycles. The summed E-state index contributed by atoms with van der Waals surface area (Å²) in [5.41, 5.74) is -1.71. The normalized spacial score (nSPS) is 13.8. The highest BCUT2D eigenvalue weighted by Gasteiger charge is 2.33. The molecule has 2 rings (SSSR count). The lowest BCUT2D eigenvalue weighted by Gasteiger charge is -2.11. The molecule has 0 aliphatic heterocycles. The van der Waals surface area contributed by atoms with Crippen molar-refractivity contribution in [3.63, 3.8) is 0 Å². The fourth-order valence-electron chi connectivity index (χ4n) is 1.81. The first-order chi connectivity index (χ1) is 8.32. The maximum atomic E-state index is 12.7. The number of aromatic amines is 1. The van der Waals surface area contributed by atoms with E-state index >= 15 is 0 Å². The number of alkyl halides is 3. The second-order valence-corrected chi connectivity index (χ2v) is 3.98. The molecule has 1 heterocycles. The Bertz CT molecular complexity index is 644. The van der Waals surface area contributed by atoms with Crippen molar-refractivity contribution in [1.29, 1.82) is 0 Å². The van der Waals surface area contributed by atoms with Crippen molar-refractivity contribution in [2.24, 2.45) is 0 Å². The molecule has 1 atom stereocenters. The van der Waals surface area contributed by atoms with Crippen LogP contribution in [0.5, 0.6) is 0 Å². The van der Waals surface area contributed by atoms with E-state index in [0.29, 0.717) is 0 Å². The van der Waals surface area contributed by atoms with Crippen molar-refractivity contribution >= 4 is 10.9 Å². The average Bonchev–Trinajstić information content (AvgIpc) is 2.27. The van der Waals surface area contributed by atoms with E-state index in [1.54, 1.807) is 0 Å². The number of pyridine rings is 1. The molecule has 1 unspecified atom stereocenters. The van der Waals surface area contributed by atoms with Gasteiger partial charge in [-0.3, -0.25) is 4.79 Å². The standard InChI is InChI=1S/C12H10F3NO2/c1-6(17)8-5-16-10-7(11(8)18)3-2-4-9(10)12(13,14)15/h2-6,17H,1H3,(H,16,18). The number of benzene rings is 1. The van der Waals surface area contributed by atoms with Crippen LogP contribution in [-0.4, -0.2) is 10.1 Å². The largest absolute Gasteiger partial charge is 0.418 e. The lowest BCUT2D eigenvalue weighted by molar-refractivity contribution is -0.136. The molecule has 0 saturated heterocycles. The molecule has 96 valence electrons. The number of fused-ring (bicyclic) bond motifs is 1. The topological polar surface area (TPSA) is 53.1 Å². The molecule has 0 aliphatic carbocycles. The highest BCUT2D eigenvalue weighted by molar-refractivity contribution is 5.82. The molecule has 0 radical (unpaired) electrons. The van der Waals surface area contributed by atoms with Crippen molar-refractivity contribution in [3.8, 4) is 0 Å². The number of nitrogens with one attached hydrogen (secondary N) is 1. The van der Waals surface area contributed by atoms with Gasteiger partial charge in [0.15, 0.2) is 5.43 Å². The number of aliphatic hydroxyl groups excluding tert-OH is 1. The van der Waals surface area contributed by atoms with E-state index < -0.39 is 23.3 Å². The third-order valence-electron chi connectivity index (χ3n) is 2.70. The van der Waals surface area contributed by atoms with Gasteiger partial charge in [-0.05, 0) is 19.1 Å². The minimum atomic E-state index is -4.53. The van der Waals surface area contributed by atoms with Crippen LogP contribution in [0.1, 0.15) is 24.2 Å². The summed E-state index contributed by atoms with van der Waals surface area (Å²) in [5, 5.41) is 9.27. The number of H-pyrrole nitrogens is 1. The van der Waals surface area contributed by atoms with Gasteiger partial charge in [0.05, 0.1) is 17.2 Å². The highest BCUT2D eigenvalue weighted by Crippen LogP contribution is 2.33. The number of rotatable bonds is 1. The number of halogens is 3. The summed E-state index contributed by atoms with van der Waals surface area (Å²) in [4.78, 5) is 14.3. The average molecular weight is 257 g/mol. The van der Waals surface area contributed by atoms with Crippen LogP contribution in [0.25, 0.3) is 10.9 Å². The van der Waals surface area contributed by atoms with Crippen LogP contribution in [0.15, 0.2) is 29.2 Å². The SMILES string of the molecule is CC(O)c1c[nH]c2c(C(F)(F)F)cccc2c1=O. The Labute approximate surface area is 99.9 Å². The van der Waals surface area contributed by atoms with E-state index in [-0.39, 0.29) is 16.5 Å². The molecule has 2 aromatic rings. The van der Waals surface area contributed by atoms with Crippen molar-refractivity contribution in [3.05, 3.63) is 45.7 Å². The molecule has 3 nitrogen and oxygen atoms in total. The Hall–Kier alpha value is -1.82. The van der Waals surface area contributed by atoms with Crippen molar-refractivity contribution in [1.82, 2.24) is 4.98 Å². The quantitative estimate of drug-likeness (QED) is 0.825. The van der Waals surface area contributed by atoms with Crippen molar-refractivity contribution in [2.45, 2.75) is 19.2 Å². The predicted octanol–water partition coefficient (Wildman–Crippen LogP) is 2.60. The fraction of sp³-hybridized carbons (Fsp3) is 0.250. The summed E-state index contributed by atoms with van der Waals surface area (Å²) in [6.07, 6.45) is -4.45. The van der Waals surface area contributed by atoms with Gasteiger partial charge < -0.3 is 10.1 Å². The summed E-state index contributed by atoms with van der Waals surface area (Å²) < 4.78 is 38.2. The van der Waals surface area contributed by atoms with Crippen molar-refractivity contribution < 1.29 is 18.3 Å². The van der Waals surface area contributed by atoms with Crippen LogP contribution < -0.4 is 5.43 Å². The molecule has 0 bridgehead atoms. The smallest absolute Gasteiger partial charge is 0.389 e. The maximum Gasteiger partial charge on any atom is 0.418 e. The monoisotopic (exact) mass is 257 g/mol. The summed E-state index contributed by atoms with van der Waals surface area (Å²) in [7, 11) is 0. The van der Waals surface area contributed by atoms with E-state index in [9.17, 15) is 23.1 Å². The molecule has 1 aromatic carbocycles. The first-order valence-electron chi connectivity index (χ1n) is 5.22. The molecule has 0 aliphatic rings. The Morgan fingerprint density at radius 2 is 2.00 bits per heavy atom. The van der Waals surface area contributed by atoms with Gasteiger partial charge in [-0.2, -0.15) is 13.2 Å². The summed E-state index contributed by atoms with van der Waals surface area (Å²) in [5.74, 6) is 0. The third kappa shape index (κ3) is 1.99. The zero-order valence-electron chi connectivity index (χ0n) is 9.38. The number of para-hydroxylation sites is 1. The Morgan fingerprint density at radius 1 is 1.33 bits per heavy atom. The third-order valence-corrected chi connectivity index (χ3v) is 2.70. The number of aromatic nitrogens is 1. The molecular weight excluding hydrogens is 247 g/mol. The van der Waals surface area contributed by atoms with Gasteiger partial charge in [-0.15, -0.1) is 0 Å². The molecule has 1 aromatic heterocycles. The van der Waals surface area contributed by atoms with Gasteiger partial charge in [-0.25, -0.2) is 0 Å². The summed E-state index contributed by atoms with van der Waals surface area (Å²) in [6, 6.07) is 3.38. The zero-order chi connectivity index (χ0) is 13.5.